The van der Waals surface area contributed by atoms with Gasteiger partial charge in [-0.1, -0.05) is 72.8 Å². The zero-order valence-corrected chi connectivity index (χ0v) is 24.9. The van der Waals surface area contributed by atoms with Crippen LogP contribution in [0.25, 0.3) is 22.2 Å². The molecule has 0 aliphatic carbocycles. The fraction of sp³-hybridized carbons (Fsp3) is 0.229. The molecule has 11 nitrogen and oxygen atoms in total. The van der Waals surface area contributed by atoms with Crippen molar-refractivity contribution in [1.82, 2.24) is 19.8 Å². The smallest absolute Gasteiger partial charge is 0.321 e. The lowest BCUT2D eigenvalue weighted by molar-refractivity contribution is -0.0408. The molecule has 4 atom stereocenters. The molecule has 1 saturated heterocycles. The molecule has 1 aliphatic rings. The van der Waals surface area contributed by atoms with Crippen molar-refractivity contribution in [3.8, 4) is 0 Å². The number of nitrogen functional groups attached to an aromatic ring is 2. The first-order valence-corrected chi connectivity index (χ1v) is 15.1. The van der Waals surface area contributed by atoms with Crippen molar-refractivity contribution >= 4 is 40.3 Å². The molecule has 234 valence electrons. The van der Waals surface area contributed by atoms with Gasteiger partial charge in [-0.2, -0.15) is 9.97 Å². The number of urea groups is 1. The molecular formula is C35H34N6O5. The first kappa shape index (κ1) is 29.3. The molecule has 2 amide bonds. The Labute approximate surface area is 264 Å². The Morgan fingerprint density at radius 3 is 1.43 bits per heavy atom. The molecular weight excluding hydrogens is 584 g/mol. The standard InChI is InChI=1S/C35H34N6O5/c36-33-38-25-13-11-23(17-29(25)45-33)19-40-27(15-21-7-3-1-4-8-21)31(42)32(43)28(16-22-9-5-2-6-10-22)41(35(40)44)20-24-12-14-26-30(18-24)46-34(37)39-26/h1-14,17-18,27-28,31-32,42-43H,15-16,19-20H2,(H2,36,38)(H2,37,39)/t27-,28-,31+,32+/m1/s1. The average Bonchev–Trinajstić information content (AvgIpc) is 3.62. The van der Waals surface area contributed by atoms with Crippen molar-refractivity contribution in [2.45, 2.75) is 50.2 Å². The predicted molar refractivity (Wildman–Crippen MR) is 173 cm³/mol. The van der Waals surface area contributed by atoms with Crippen molar-refractivity contribution in [2.24, 2.45) is 0 Å². The average molecular weight is 619 g/mol. The van der Waals surface area contributed by atoms with Crippen LogP contribution < -0.4 is 11.5 Å². The lowest BCUT2D eigenvalue weighted by Gasteiger charge is -2.35. The molecule has 6 N–H and O–H groups in total. The molecule has 3 heterocycles. The number of nitrogens with zero attached hydrogens (tertiary/aromatic N) is 4. The lowest BCUT2D eigenvalue weighted by atomic mass is 9.91. The quantitative estimate of drug-likeness (QED) is 0.192. The maximum absolute atomic E-state index is 14.9. The lowest BCUT2D eigenvalue weighted by Crippen LogP contribution is -2.50. The van der Waals surface area contributed by atoms with Crippen LogP contribution in [0, 0.1) is 0 Å². The third kappa shape index (κ3) is 5.85. The minimum absolute atomic E-state index is 0.0545. The van der Waals surface area contributed by atoms with Crippen LogP contribution in [0.3, 0.4) is 0 Å². The highest BCUT2D eigenvalue weighted by Gasteiger charge is 2.46. The summed E-state index contributed by atoms with van der Waals surface area (Å²) in [6, 6.07) is 28.5. The van der Waals surface area contributed by atoms with E-state index in [1.807, 2.05) is 72.8 Å². The van der Waals surface area contributed by atoms with Crippen LogP contribution in [0.5, 0.6) is 0 Å². The summed E-state index contributed by atoms with van der Waals surface area (Å²) in [6.07, 6.45) is -1.86. The highest BCUT2D eigenvalue weighted by molar-refractivity contribution is 5.78. The maximum atomic E-state index is 14.9. The number of hydrogen-bond acceptors (Lipinski definition) is 9. The van der Waals surface area contributed by atoms with Crippen molar-refractivity contribution in [3.63, 3.8) is 0 Å². The number of aliphatic hydroxyl groups excluding tert-OH is 2. The van der Waals surface area contributed by atoms with Crippen LogP contribution >= 0.6 is 0 Å². The number of benzene rings is 4. The van der Waals surface area contributed by atoms with Crippen LogP contribution in [0.15, 0.2) is 106 Å². The fourth-order valence-corrected chi connectivity index (χ4v) is 6.38. The summed E-state index contributed by atoms with van der Waals surface area (Å²) in [5.74, 6) is 0. The molecule has 2 aromatic heterocycles. The SMILES string of the molecule is Nc1nc2ccc(CN3C(=O)N(Cc4ccc5nc(N)oc5c4)[C@H](Cc4ccccc4)[C@H](O)[C@@H](O)[C@H]3Cc3ccccc3)cc2o1. The van der Waals surface area contributed by atoms with E-state index in [1.54, 1.807) is 34.1 Å². The molecule has 4 aromatic carbocycles. The van der Waals surface area contributed by atoms with Gasteiger partial charge < -0.3 is 40.3 Å². The highest BCUT2D eigenvalue weighted by atomic mass is 16.4. The normalized spacial score (nSPS) is 20.4. The minimum atomic E-state index is -1.26. The van der Waals surface area contributed by atoms with E-state index in [-0.39, 0.29) is 31.1 Å². The summed E-state index contributed by atoms with van der Waals surface area (Å²) in [6.45, 7) is 0.284. The molecule has 0 radical (unpaired) electrons. The second-order valence-electron chi connectivity index (χ2n) is 11.7. The number of aliphatic hydroxyl groups is 2. The third-order valence-electron chi connectivity index (χ3n) is 8.65. The summed E-state index contributed by atoms with van der Waals surface area (Å²) < 4.78 is 11.1. The summed E-state index contributed by atoms with van der Waals surface area (Å²) in [5, 5.41) is 23.9. The van der Waals surface area contributed by atoms with Gasteiger partial charge in [0.1, 0.15) is 23.2 Å². The zero-order chi connectivity index (χ0) is 31.8. The topological polar surface area (TPSA) is 168 Å². The number of amides is 2. The molecule has 0 spiro atoms. The Morgan fingerprint density at radius 1 is 0.609 bits per heavy atom. The minimum Gasteiger partial charge on any atom is -0.424 e. The van der Waals surface area contributed by atoms with Gasteiger partial charge in [0, 0.05) is 13.1 Å². The molecule has 7 rings (SSSR count). The summed E-state index contributed by atoms with van der Waals surface area (Å²) in [7, 11) is 0. The van der Waals surface area contributed by atoms with Crippen LogP contribution in [-0.4, -0.2) is 60.3 Å². The van der Waals surface area contributed by atoms with Gasteiger partial charge in [0.05, 0.1) is 12.1 Å². The van der Waals surface area contributed by atoms with Crippen LogP contribution in [0.4, 0.5) is 16.8 Å². The largest absolute Gasteiger partial charge is 0.424 e. The number of carbonyl (C=O) groups excluding carboxylic acids is 1. The number of aromatic nitrogens is 2. The Bertz CT molecular complexity index is 1840. The predicted octanol–water partition coefficient (Wildman–Crippen LogP) is 4.52. The van der Waals surface area contributed by atoms with E-state index in [1.165, 1.54) is 0 Å². The summed E-state index contributed by atoms with van der Waals surface area (Å²) in [4.78, 5) is 26.6. The molecule has 0 bridgehead atoms. The van der Waals surface area contributed by atoms with E-state index in [4.69, 9.17) is 20.3 Å². The number of oxazole rings is 2. The Kier molecular flexibility index (Phi) is 7.77. The van der Waals surface area contributed by atoms with Gasteiger partial charge in [0.15, 0.2) is 11.2 Å². The van der Waals surface area contributed by atoms with E-state index < -0.39 is 24.3 Å². The van der Waals surface area contributed by atoms with Gasteiger partial charge in [0.2, 0.25) is 0 Å². The molecule has 1 aliphatic heterocycles. The Balaban J connectivity index is 1.32. The fourth-order valence-electron chi connectivity index (χ4n) is 6.38. The first-order chi connectivity index (χ1) is 22.3. The van der Waals surface area contributed by atoms with E-state index in [0.717, 1.165) is 22.3 Å². The van der Waals surface area contributed by atoms with Crippen LogP contribution in [0.1, 0.15) is 22.3 Å². The highest BCUT2D eigenvalue weighted by Crippen LogP contribution is 2.31. The Hall–Kier alpha value is -5.39. The molecule has 6 aromatic rings. The molecule has 11 heteroatoms. The van der Waals surface area contributed by atoms with Crippen molar-refractivity contribution in [2.75, 3.05) is 11.5 Å². The van der Waals surface area contributed by atoms with Crippen molar-refractivity contribution in [3.05, 3.63) is 119 Å². The van der Waals surface area contributed by atoms with E-state index >= 15 is 0 Å². The zero-order valence-electron chi connectivity index (χ0n) is 24.9. The Morgan fingerprint density at radius 2 is 1.02 bits per heavy atom. The molecule has 1 fully saturated rings. The van der Waals surface area contributed by atoms with E-state index in [0.29, 0.717) is 35.0 Å². The number of carbonyl (C=O) groups is 1. The van der Waals surface area contributed by atoms with Crippen molar-refractivity contribution in [1.29, 1.82) is 0 Å². The second kappa shape index (κ2) is 12.2. The maximum Gasteiger partial charge on any atom is 0.321 e. The molecule has 0 unspecified atom stereocenters. The monoisotopic (exact) mass is 618 g/mol. The van der Waals surface area contributed by atoms with Gasteiger partial charge >= 0.3 is 6.03 Å². The first-order valence-electron chi connectivity index (χ1n) is 15.1. The number of anilines is 2. The van der Waals surface area contributed by atoms with Gasteiger partial charge in [-0.25, -0.2) is 4.79 Å². The van der Waals surface area contributed by atoms with Crippen molar-refractivity contribution < 1.29 is 23.8 Å². The van der Waals surface area contributed by atoms with E-state index in [9.17, 15) is 15.0 Å². The van der Waals surface area contributed by atoms with Crippen LogP contribution in [0.2, 0.25) is 0 Å². The van der Waals surface area contributed by atoms with Crippen LogP contribution in [-0.2, 0) is 25.9 Å². The summed E-state index contributed by atoms with van der Waals surface area (Å²) >= 11 is 0. The van der Waals surface area contributed by atoms with Gasteiger partial charge in [-0.15, -0.1) is 0 Å². The van der Waals surface area contributed by atoms with Gasteiger partial charge in [-0.3, -0.25) is 0 Å². The van der Waals surface area contributed by atoms with Gasteiger partial charge in [0.25, 0.3) is 12.0 Å². The molecule has 46 heavy (non-hydrogen) atoms. The number of fused-ring (bicyclic) bond motifs is 2. The third-order valence-corrected chi connectivity index (χ3v) is 8.65. The van der Waals surface area contributed by atoms with Gasteiger partial charge in [-0.05, 0) is 59.4 Å². The number of nitrogens with two attached hydrogens (primary N) is 2. The molecule has 0 saturated carbocycles. The van der Waals surface area contributed by atoms with E-state index in [2.05, 4.69) is 9.97 Å². The second-order valence-corrected chi connectivity index (χ2v) is 11.7. The number of rotatable bonds is 8. The number of hydrogen-bond donors (Lipinski definition) is 4. The summed E-state index contributed by atoms with van der Waals surface area (Å²) in [5.41, 5.74) is 17.2.